The predicted molar refractivity (Wildman–Crippen MR) is 93.0 cm³/mol. The molecule has 2 heterocycles. The minimum atomic E-state index is -0.157. The lowest BCUT2D eigenvalue weighted by molar-refractivity contribution is -0.130. The molecule has 1 aromatic heterocycles. The van der Waals surface area contributed by atoms with Gasteiger partial charge in [-0.3, -0.25) is 9.59 Å². The summed E-state index contributed by atoms with van der Waals surface area (Å²) < 4.78 is 1.68. The van der Waals surface area contributed by atoms with Gasteiger partial charge in [0.1, 0.15) is 5.52 Å². The zero-order valence-electron chi connectivity index (χ0n) is 14.4. The van der Waals surface area contributed by atoms with Crippen molar-refractivity contribution in [3.63, 3.8) is 0 Å². The molecule has 0 bridgehead atoms. The summed E-state index contributed by atoms with van der Waals surface area (Å²) in [6.45, 7) is 0.628. The number of hydrogen-bond acceptors (Lipinski definition) is 4. The summed E-state index contributed by atoms with van der Waals surface area (Å²) in [5.74, 6) is 0.0115. The standard InChI is InChI=1S/C18H23N5O2/c1-22-16-8-7-12(9-15(16)20-21-22)18(25)19-13-10-17(24)23(11-13)14-5-3-2-4-6-14/h7-9,13-14H,2-6,10-11H2,1H3,(H,19,25). The highest BCUT2D eigenvalue weighted by molar-refractivity contribution is 5.97. The molecule has 1 atom stereocenters. The van der Waals surface area contributed by atoms with Crippen LogP contribution in [0.2, 0.25) is 0 Å². The lowest BCUT2D eigenvalue weighted by Crippen LogP contribution is -2.41. The van der Waals surface area contributed by atoms with Crippen LogP contribution in [0.5, 0.6) is 0 Å². The summed E-state index contributed by atoms with van der Waals surface area (Å²) in [7, 11) is 1.82. The SMILES string of the molecule is Cn1nnc2cc(C(=O)NC3CC(=O)N(C4CCCCC4)C3)ccc21. The maximum absolute atomic E-state index is 12.5. The van der Waals surface area contributed by atoms with Crippen molar-refractivity contribution in [3.05, 3.63) is 23.8 Å². The number of rotatable bonds is 3. The summed E-state index contributed by atoms with van der Waals surface area (Å²) in [6, 6.07) is 5.61. The van der Waals surface area contributed by atoms with Crippen LogP contribution in [0.4, 0.5) is 0 Å². The van der Waals surface area contributed by atoms with Gasteiger partial charge in [0.05, 0.1) is 11.6 Å². The van der Waals surface area contributed by atoms with E-state index in [2.05, 4.69) is 15.6 Å². The molecule has 1 aromatic carbocycles. The van der Waals surface area contributed by atoms with Crippen LogP contribution in [0, 0.1) is 0 Å². The maximum atomic E-state index is 12.5. The van der Waals surface area contributed by atoms with Crippen molar-refractivity contribution in [1.82, 2.24) is 25.2 Å². The number of amides is 2. The lowest BCUT2D eigenvalue weighted by atomic mass is 9.94. The second kappa shape index (κ2) is 6.46. The van der Waals surface area contributed by atoms with Crippen LogP contribution >= 0.6 is 0 Å². The molecule has 1 unspecified atom stereocenters. The number of aryl methyl sites for hydroxylation is 1. The molecule has 1 aliphatic carbocycles. The van der Waals surface area contributed by atoms with E-state index in [1.165, 1.54) is 19.3 Å². The Bertz CT molecular complexity index is 809. The largest absolute Gasteiger partial charge is 0.347 e. The Morgan fingerprint density at radius 3 is 2.84 bits per heavy atom. The summed E-state index contributed by atoms with van der Waals surface area (Å²) in [5, 5.41) is 11.0. The Labute approximate surface area is 146 Å². The van der Waals surface area contributed by atoms with E-state index in [1.807, 2.05) is 18.0 Å². The van der Waals surface area contributed by atoms with Crippen molar-refractivity contribution >= 4 is 22.8 Å². The molecule has 2 aromatic rings. The van der Waals surface area contributed by atoms with Crippen molar-refractivity contribution < 1.29 is 9.59 Å². The summed E-state index contributed by atoms with van der Waals surface area (Å²) in [5.41, 5.74) is 2.13. The monoisotopic (exact) mass is 341 g/mol. The summed E-state index contributed by atoms with van der Waals surface area (Å²) in [6.07, 6.45) is 6.25. The fraction of sp³-hybridized carbons (Fsp3) is 0.556. The van der Waals surface area contributed by atoms with E-state index in [4.69, 9.17) is 0 Å². The second-order valence-corrected chi connectivity index (χ2v) is 7.13. The maximum Gasteiger partial charge on any atom is 0.251 e. The topological polar surface area (TPSA) is 80.1 Å². The van der Waals surface area contributed by atoms with Crippen molar-refractivity contribution in [2.75, 3.05) is 6.54 Å². The molecular formula is C18H23N5O2. The van der Waals surface area contributed by atoms with Crippen molar-refractivity contribution in [1.29, 1.82) is 0 Å². The van der Waals surface area contributed by atoms with Gasteiger partial charge in [-0.05, 0) is 31.0 Å². The van der Waals surface area contributed by atoms with Gasteiger partial charge in [0.2, 0.25) is 5.91 Å². The Morgan fingerprint density at radius 2 is 2.04 bits per heavy atom. The molecule has 1 N–H and O–H groups in total. The van der Waals surface area contributed by atoms with E-state index >= 15 is 0 Å². The molecule has 0 radical (unpaired) electrons. The average molecular weight is 341 g/mol. The van der Waals surface area contributed by atoms with Gasteiger partial charge in [-0.2, -0.15) is 0 Å². The smallest absolute Gasteiger partial charge is 0.251 e. The first kappa shape index (κ1) is 16.1. The van der Waals surface area contributed by atoms with Gasteiger partial charge in [0.25, 0.3) is 5.91 Å². The Hall–Kier alpha value is -2.44. The first-order valence-electron chi connectivity index (χ1n) is 9.01. The molecule has 2 aliphatic rings. The molecular weight excluding hydrogens is 318 g/mol. The van der Waals surface area contributed by atoms with Crippen molar-refractivity contribution in [2.45, 2.75) is 50.6 Å². The van der Waals surface area contributed by atoms with Crippen LogP contribution in [-0.2, 0) is 11.8 Å². The average Bonchev–Trinajstić information content (AvgIpc) is 3.18. The normalized spacial score (nSPS) is 21.9. The number of aromatic nitrogens is 3. The third-order valence-corrected chi connectivity index (χ3v) is 5.38. The number of likely N-dealkylation sites (tertiary alicyclic amines) is 1. The molecule has 0 spiro atoms. The summed E-state index contributed by atoms with van der Waals surface area (Å²) >= 11 is 0. The summed E-state index contributed by atoms with van der Waals surface area (Å²) in [4.78, 5) is 26.9. The van der Waals surface area contributed by atoms with Gasteiger partial charge in [-0.25, -0.2) is 4.68 Å². The first-order valence-corrected chi connectivity index (χ1v) is 9.01. The molecule has 1 saturated carbocycles. The molecule has 7 heteroatoms. The van der Waals surface area contributed by atoms with E-state index in [9.17, 15) is 9.59 Å². The Balaban J connectivity index is 1.42. The van der Waals surface area contributed by atoms with Crippen molar-refractivity contribution in [3.8, 4) is 0 Å². The highest BCUT2D eigenvalue weighted by Crippen LogP contribution is 2.26. The molecule has 132 valence electrons. The van der Waals surface area contributed by atoms with Gasteiger partial charge in [-0.1, -0.05) is 24.5 Å². The van der Waals surface area contributed by atoms with Crippen LogP contribution in [0.3, 0.4) is 0 Å². The van der Waals surface area contributed by atoms with Crippen LogP contribution < -0.4 is 5.32 Å². The predicted octanol–water partition coefficient (Wildman–Crippen LogP) is 1.63. The zero-order valence-corrected chi connectivity index (χ0v) is 14.4. The highest BCUT2D eigenvalue weighted by Gasteiger charge is 2.35. The van der Waals surface area contributed by atoms with Gasteiger partial charge < -0.3 is 10.2 Å². The second-order valence-electron chi connectivity index (χ2n) is 7.13. The number of carbonyl (C=O) groups is 2. The molecule has 1 saturated heterocycles. The van der Waals surface area contributed by atoms with Gasteiger partial charge >= 0.3 is 0 Å². The van der Waals surface area contributed by atoms with Gasteiger partial charge in [0, 0.05) is 31.6 Å². The fourth-order valence-corrected chi connectivity index (χ4v) is 4.02. The molecule has 7 nitrogen and oxygen atoms in total. The number of hydrogen-bond donors (Lipinski definition) is 1. The van der Waals surface area contributed by atoms with Crippen LogP contribution in [-0.4, -0.2) is 50.3 Å². The highest BCUT2D eigenvalue weighted by atomic mass is 16.2. The molecule has 2 fully saturated rings. The lowest BCUT2D eigenvalue weighted by Gasteiger charge is -2.31. The third kappa shape index (κ3) is 3.10. The van der Waals surface area contributed by atoms with E-state index < -0.39 is 0 Å². The minimum absolute atomic E-state index is 0.112. The van der Waals surface area contributed by atoms with E-state index in [-0.39, 0.29) is 17.9 Å². The Kier molecular flexibility index (Phi) is 4.15. The number of carbonyl (C=O) groups excluding carboxylic acids is 2. The zero-order chi connectivity index (χ0) is 17.4. The molecule has 4 rings (SSSR count). The van der Waals surface area contributed by atoms with Crippen LogP contribution in [0.15, 0.2) is 18.2 Å². The van der Waals surface area contributed by atoms with Crippen molar-refractivity contribution in [2.24, 2.45) is 7.05 Å². The minimum Gasteiger partial charge on any atom is -0.347 e. The number of nitrogens with zero attached hydrogens (tertiary/aromatic N) is 4. The fourth-order valence-electron chi connectivity index (χ4n) is 4.02. The number of fused-ring (bicyclic) bond motifs is 1. The third-order valence-electron chi connectivity index (χ3n) is 5.38. The molecule has 25 heavy (non-hydrogen) atoms. The van der Waals surface area contributed by atoms with Gasteiger partial charge in [0.15, 0.2) is 0 Å². The first-order chi connectivity index (χ1) is 12.1. The Morgan fingerprint density at radius 1 is 1.24 bits per heavy atom. The quantitative estimate of drug-likeness (QED) is 0.920. The van der Waals surface area contributed by atoms with Crippen LogP contribution in [0.1, 0.15) is 48.9 Å². The van der Waals surface area contributed by atoms with E-state index in [0.29, 0.717) is 30.1 Å². The number of nitrogens with one attached hydrogen (secondary N) is 1. The van der Waals surface area contributed by atoms with Gasteiger partial charge in [-0.15, -0.1) is 5.10 Å². The van der Waals surface area contributed by atoms with Crippen LogP contribution in [0.25, 0.3) is 11.0 Å². The van der Waals surface area contributed by atoms with E-state index in [0.717, 1.165) is 18.4 Å². The van der Waals surface area contributed by atoms with E-state index in [1.54, 1.807) is 16.8 Å². The number of benzene rings is 1. The molecule has 1 aliphatic heterocycles. The molecule has 2 amide bonds.